The van der Waals surface area contributed by atoms with E-state index in [0.29, 0.717) is 32.6 Å². The number of nitrogens with zero attached hydrogens (tertiary/aromatic N) is 1. The molecule has 0 aromatic heterocycles. The van der Waals surface area contributed by atoms with Crippen LogP contribution in [0.25, 0.3) is 0 Å². The van der Waals surface area contributed by atoms with Crippen LogP contribution in [-0.4, -0.2) is 17.4 Å². The van der Waals surface area contributed by atoms with Crippen LogP contribution in [0.15, 0.2) is 76.5 Å². The molecule has 3 rings (SSSR count). The second-order valence-electron chi connectivity index (χ2n) is 6.76. The van der Waals surface area contributed by atoms with Gasteiger partial charge in [-0.05, 0) is 43.7 Å². The van der Waals surface area contributed by atoms with Crippen molar-refractivity contribution in [2.75, 3.05) is 11.1 Å². The topological polar surface area (TPSA) is 82.0 Å². The summed E-state index contributed by atoms with van der Waals surface area (Å²) in [6, 6.07) is 18.5. The Hall–Kier alpha value is -3.01. The van der Waals surface area contributed by atoms with Crippen LogP contribution in [0.2, 0.25) is 5.02 Å². The first kappa shape index (κ1) is 21.7. The number of nitrogens with one attached hydrogen (secondary N) is 2. The van der Waals surface area contributed by atoms with Crippen molar-refractivity contribution in [1.82, 2.24) is 5.32 Å². The van der Waals surface area contributed by atoms with E-state index in [4.69, 9.17) is 11.6 Å². The van der Waals surface area contributed by atoms with Gasteiger partial charge >= 0.3 is 0 Å². The van der Waals surface area contributed by atoms with Crippen molar-refractivity contribution >= 4 is 40.7 Å². The lowest BCUT2D eigenvalue weighted by molar-refractivity contribution is -0.114. The van der Waals surface area contributed by atoms with Gasteiger partial charge in [-0.3, -0.25) is 9.59 Å². The van der Waals surface area contributed by atoms with Gasteiger partial charge in [0.15, 0.2) is 5.78 Å². The molecule has 1 atom stereocenters. The summed E-state index contributed by atoms with van der Waals surface area (Å²) in [6.07, 6.45) is 0. The molecule has 0 aliphatic carbocycles. The Bertz CT molecular complexity index is 1070. The summed E-state index contributed by atoms with van der Waals surface area (Å²) < 4.78 is 0. The lowest BCUT2D eigenvalue weighted by atomic mass is 9.81. The predicted molar refractivity (Wildman–Crippen MR) is 121 cm³/mol. The van der Waals surface area contributed by atoms with Gasteiger partial charge in [0.2, 0.25) is 5.91 Å². The number of ketones is 1. The number of carbonyl (C=O) groups excluding carboxylic acids is 2. The number of Topliss-reactive ketones (excluding diaryl/α,β-unsaturated/α-hetero) is 1. The van der Waals surface area contributed by atoms with Gasteiger partial charge in [-0.25, -0.2) is 0 Å². The molecule has 1 unspecified atom stereocenters. The Morgan fingerprint density at radius 3 is 2.43 bits per heavy atom. The number of allylic oxidation sites excluding steroid dienone is 3. The van der Waals surface area contributed by atoms with E-state index in [2.05, 4.69) is 16.7 Å². The quantitative estimate of drug-likeness (QED) is 0.664. The zero-order valence-electron chi connectivity index (χ0n) is 16.5. The van der Waals surface area contributed by atoms with E-state index < -0.39 is 5.92 Å². The number of halogens is 1. The Kier molecular flexibility index (Phi) is 6.99. The highest BCUT2D eigenvalue weighted by atomic mass is 35.5. The number of hydrogen-bond donors (Lipinski definition) is 2. The number of benzene rings is 2. The van der Waals surface area contributed by atoms with Gasteiger partial charge in [0, 0.05) is 22.0 Å². The summed E-state index contributed by atoms with van der Waals surface area (Å²) in [5.74, 6) is -0.678. The lowest BCUT2D eigenvalue weighted by Crippen LogP contribution is -2.27. The zero-order chi connectivity index (χ0) is 21.7. The molecule has 1 heterocycles. The second kappa shape index (κ2) is 9.66. The average molecular weight is 438 g/mol. The highest BCUT2D eigenvalue weighted by Gasteiger charge is 2.33. The number of para-hydroxylation sites is 1. The monoisotopic (exact) mass is 437 g/mol. The molecule has 2 aromatic rings. The fourth-order valence-corrected chi connectivity index (χ4v) is 4.36. The third kappa shape index (κ3) is 4.93. The average Bonchev–Trinajstić information content (AvgIpc) is 2.72. The third-order valence-corrected chi connectivity index (χ3v) is 5.90. The van der Waals surface area contributed by atoms with Crippen LogP contribution < -0.4 is 10.6 Å². The molecule has 0 spiro atoms. The molecule has 0 radical (unpaired) electrons. The highest BCUT2D eigenvalue weighted by Crippen LogP contribution is 2.41. The van der Waals surface area contributed by atoms with Crippen LogP contribution in [-0.2, 0) is 9.59 Å². The van der Waals surface area contributed by atoms with Crippen molar-refractivity contribution in [3.05, 3.63) is 87.1 Å². The lowest BCUT2D eigenvalue weighted by Gasteiger charge is -2.29. The van der Waals surface area contributed by atoms with Gasteiger partial charge < -0.3 is 10.6 Å². The molecule has 0 fully saturated rings. The molecule has 30 heavy (non-hydrogen) atoms. The number of carbonyl (C=O) groups is 2. The van der Waals surface area contributed by atoms with E-state index in [0.717, 1.165) is 5.56 Å². The van der Waals surface area contributed by atoms with Crippen molar-refractivity contribution in [2.24, 2.45) is 0 Å². The Morgan fingerprint density at radius 1 is 1.17 bits per heavy atom. The molecular formula is C23H20ClN3O2S. The van der Waals surface area contributed by atoms with Gasteiger partial charge in [-0.1, -0.05) is 53.7 Å². The number of amides is 1. The molecule has 0 saturated heterocycles. The van der Waals surface area contributed by atoms with E-state index in [1.165, 1.54) is 18.7 Å². The smallest absolute Gasteiger partial charge is 0.234 e. The van der Waals surface area contributed by atoms with Crippen molar-refractivity contribution < 1.29 is 9.59 Å². The maximum Gasteiger partial charge on any atom is 0.234 e. The minimum atomic E-state index is -0.509. The molecule has 2 aromatic carbocycles. The standard InChI is InChI=1S/C23H20ClN3O2S/c1-14-21(15(2)28)22(16-8-10-17(24)11-9-16)19(12-25)23(26-14)30-13-20(29)27-18-6-4-3-5-7-18/h3-11,22,26H,13H2,1-2H3,(H,27,29). The van der Waals surface area contributed by atoms with Crippen LogP contribution in [0.4, 0.5) is 5.69 Å². The molecule has 152 valence electrons. The zero-order valence-corrected chi connectivity index (χ0v) is 18.1. The molecule has 1 aliphatic heterocycles. The first-order chi connectivity index (χ1) is 14.4. The molecule has 0 saturated carbocycles. The summed E-state index contributed by atoms with van der Waals surface area (Å²) in [4.78, 5) is 24.7. The van der Waals surface area contributed by atoms with Gasteiger partial charge in [0.1, 0.15) is 0 Å². The minimum Gasteiger partial charge on any atom is -0.353 e. The molecule has 2 N–H and O–H groups in total. The summed E-state index contributed by atoms with van der Waals surface area (Å²) >= 11 is 7.25. The Balaban J connectivity index is 1.88. The van der Waals surface area contributed by atoms with Gasteiger partial charge in [0.05, 0.1) is 28.3 Å². The Labute approximate surface area is 184 Å². The van der Waals surface area contributed by atoms with Crippen LogP contribution in [0, 0.1) is 11.3 Å². The van der Waals surface area contributed by atoms with E-state index in [1.54, 1.807) is 19.1 Å². The number of dihydropyridines is 1. The van der Waals surface area contributed by atoms with Crippen molar-refractivity contribution in [3.63, 3.8) is 0 Å². The highest BCUT2D eigenvalue weighted by molar-refractivity contribution is 8.03. The summed E-state index contributed by atoms with van der Waals surface area (Å²) in [6.45, 7) is 3.29. The van der Waals surface area contributed by atoms with Crippen LogP contribution >= 0.6 is 23.4 Å². The van der Waals surface area contributed by atoms with Crippen LogP contribution in [0.5, 0.6) is 0 Å². The largest absolute Gasteiger partial charge is 0.353 e. The number of nitriles is 1. The van der Waals surface area contributed by atoms with Gasteiger partial charge in [-0.2, -0.15) is 5.26 Å². The second-order valence-corrected chi connectivity index (χ2v) is 8.18. The molecule has 1 amide bonds. The number of thioether (sulfide) groups is 1. The fraction of sp³-hybridized carbons (Fsp3) is 0.174. The first-order valence-corrected chi connectivity index (χ1v) is 10.6. The summed E-state index contributed by atoms with van der Waals surface area (Å²) in [5, 5.41) is 17.0. The van der Waals surface area contributed by atoms with E-state index in [9.17, 15) is 14.9 Å². The van der Waals surface area contributed by atoms with Crippen LogP contribution in [0.1, 0.15) is 25.3 Å². The maximum absolute atomic E-state index is 12.4. The van der Waals surface area contributed by atoms with Crippen molar-refractivity contribution in [3.8, 4) is 6.07 Å². The maximum atomic E-state index is 12.4. The van der Waals surface area contributed by atoms with E-state index in [1.807, 2.05) is 42.5 Å². The van der Waals surface area contributed by atoms with Crippen molar-refractivity contribution in [2.45, 2.75) is 19.8 Å². The third-order valence-electron chi connectivity index (χ3n) is 4.64. The minimum absolute atomic E-state index is 0.112. The molecule has 1 aliphatic rings. The van der Waals surface area contributed by atoms with Gasteiger partial charge in [-0.15, -0.1) is 0 Å². The normalized spacial score (nSPS) is 16.0. The molecule has 5 nitrogen and oxygen atoms in total. The molecule has 7 heteroatoms. The van der Waals surface area contributed by atoms with Crippen LogP contribution in [0.3, 0.4) is 0 Å². The Morgan fingerprint density at radius 2 is 1.83 bits per heavy atom. The van der Waals surface area contributed by atoms with E-state index >= 15 is 0 Å². The number of anilines is 1. The molecule has 0 bridgehead atoms. The predicted octanol–water partition coefficient (Wildman–Crippen LogP) is 5.00. The number of hydrogen-bond acceptors (Lipinski definition) is 5. The first-order valence-electron chi connectivity index (χ1n) is 9.27. The summed E-state index contributed by atoms with van der Waals surface area (Å²) in [5.41, 5.74) is 3.13. The molecular weight excluding hydrogens is 418 g/mol. The number of rotatable bonds is 6. The summed E-state index contributed by atoms with van der Waals surface area (Å²) in [7, 11) is 0. The SMILES string of the molecule is CC(=O)C1=C(C)NC(SCC(=O)Nc2ccccc2)=C(C#N)C1c1ccc(Cl)cc1. The van der Waals surface area contributed by atoms with E-state index in [-0.39, 0.29) is 17.4 Å². The van der Waals surface area contributed by atoms with Gasteiger partial charge in [0.25, 0.3) is 0 Å². The fourth-order valence-electron chi connectivity index (χ4n) is 3.34. The van der Waals surface area contributed by atoms with Crippen molar-refractivity contribution in [1.29, 1.82) is 5.26 Å².